The minimum atomic E-state index is 0.267. The number of halogens is 1. The highest BCUT2D eigenvalue weighted by Crippen LogP contribution is 2.36. The van der Waals surface area contributed by atoms with Crippen LogP contribution in [0.4, 0.5) is 11.4 Å². The summed E-state index contributed by atoms with van der Waals surface area (Å²) in [5, 5.41) is 4.02. The van der Waals surface area contributed by atoms with E-state index >= 15 is 0 Å². The molecule has 0 bridgehead atoms. The van der Waals surface area contributed by atoms with E-state index in [1.54, 1.807) is 0 Å². The van der Waals surface area contributed by atoms with Gasteiger partial charge in [-0.2, -0.15) is 0 Å². The van der Waals surface area contributed by atoms with E-state index in [1.165, 1.54) is 12.8 Å². The molecule has 0 amide bonds. The predicted molar refractivity (Wildman–Crippen MR) is 82.5 cm³/mol. The second kappa shape index (κ2) is 5.76. The van der Waals surface area contributed by atoms with Crippen molar-refractivity contribution in [1.29, 1.82) is 0 Å². The SMILES string of the molecule is CC1CCCN(c2c(Cl)cccc2NC(N)=S)C1. The summed E-state index contributed by atoms with van der Waals surface area (Å²) in [7, 11) is 0. The summed E-state index contributed by atoms with van der Waals surface area (Å²) >= 11 is 11.2. The zero-order valence-electron chi connectivity index (χ0n) is 10.4. The maximum atomic E-state index is 6.33. The van der Waals surface area contributed by atoms with Gasteiger partial charge in [0, 0.05) is 13.1 Å². The molecule has 0 aromatic heterocycles. The third-order valence-electron chi connectivity index (χ3n) is 3.22. The molecule has 5 heteroatoms. The van der Waals surface area contributed by atoms with Gasteiger partial charge in [-0.05, 0) is 43.1 Å². The molecule has 2 rings (SSSR count). The lowest BCUT2D eigenvalue weighted by atomic mass is 9.99. The van der Waals surface area contributed by atoms with Gasteiger partial charge >= 0.3 is 0 Å². The van der Waals surface area contributed by atoms with E-state index < -0.39 is 0 Å². The Kier molecular flexibility index (Phi) is 4.30. The van der Waals surface area contributed by atoms with Crippen LogP contribution in [0.2, 0.25) is 5.02 Å². The zero-order valence-corrected chi connectivity index (χ0v) is 12.0. The van der Waals surface area contributed by atoms with Crippen LogP contribution in [0.3, 0.4) is 0 Å². The van der Waals surface area contributed by atoms with Gasteiger partial charge in [-0.15, -0.1) is 0 Å². The van der Waals surface area contributed by atoms with Gasteiger partial charge in [0.05, 0.1) is 16.4 Å². The van der Waals surface area contributed by atoms with E-state index in [0.29, 0.717) is 5.92 Å². The molecule has 0 radical (unpaired) electrons. The Bertz CT molecular complexity index is 450. The minimum absolute atomic E-state index is 0.267. The van der Waals surface area contributed by atoms with Crippen molar-refractivity contribution >= 4 is 40.3 Å². The van der Waals surface area contributed by atoms with E-state index in [2.05, 4.69) is 17.1 Å². The Hall–Kier alpha value is -1.00. The number of anilines is 2. The van der Waals surface area contributed by atoms with Crippen LogP contribution in [0.15, 0.2) is 18.2 Å². The normalized spacial score (nSPS) is 19.7. The standard InChI is InChI=1S/C13H18ClN3S/c1-9-4-3-7-17(8-9)12-10(14)5-2-6-11(12)16-13(15)18/h2,5-6,9H,3-4,7-8H2,1H3,(H3,15,16,18). The number of thiocarbonyl (C=S) groups is 1. The summed E-state index contributed by atoms with van der Waals surface area (Å²) in [6.45, 7) is 4.32. The van der Waals surface area contributed by atoms with Crippen LogP contribution in [0.5, 0.6) is 0 Å². The Labute approximate surface area is 118 Å². The lowest BCUT2D eigenvalue weighted by Gasteiger charge is -2.34. The number of rotatable bonds is 2. The maximum Gasteiger partial charge on any atom is 0.168 e. The topological polar surface area (TPSA) is 41.3 Å². The van der Waals surface area contributed by atoms with Crippen LogP contribution in [0.1, 0.15) is 19.8 Å². The van der Waals surface area contributed by atoms with Crippen LogP contribution in [0.25, 0.3) is 0 Å². The lowest BCUT2D eigenvalue weighted by molar-refractivity contribution is 0.447. The Morgan fingerprint density at radius 2 is 2.33 bits per heavy atom. The average molecular weight is 284 g/mol. The molecular weight excluding hydrogens is 266 g/mol. The van der Waals surface area contributed by atoms with Crippen LogP contribution < -0.4 is 16.0 Å². The van der Waals surface area contributed by atoms with Crippen molar-refractivity contribution in [2.45, 2.75) is 19.8 Å². The number of hydrogen-bond acceptors (Lipinski definition) is 2. The second-order valence-corrected chi connectivity index (χ2v) is 5.67. The van der Waals surface area contributed by atoms with Crippen molar-refractivity contribution in [3.63, 3.8) is 0 Å². The van der Waals surface area contributed by atoms with Crippen molar-refractivity contribution in [2.75, 3.05) is 23.3 Å². The summed E-state index contributed by atoms with van der Waals surface area (Å²) in [6, 6.07) is 5.76. The molecule has 1 atom stereocenters. The summed E-state index contributed by atoms with van der Waals surface area (Å²) in [5.41, 5.74) is 7.46. The molecule has 1 aromatic rings. The molecule has 1 aliphatic rings. The van der Waals surface area contributed by atoms with Gasteiger partial charge in [-0.1, -0.05) is 24.6 Å². The highest BCUT2D eigenvalue weighted by atomic mass is 35.5. The van der Waals surface area contributed by atoms with Gasteiger partial charge in [-0.3, -0.25) is 0 Å². The quantitative estimate of drug-likeness (QED) is 0.818. The molecule has 1 aromatic carbocycles. The van der Waals surface area contributed by atoms with Crippen molar-refractivity contribution in [3.05, 3.63) is 23.2 Å². The fourth-order valence-corrected chi connectivity index (χ4v) is 2.87. The van der Waals surface area contributed by atoms with Gasteiger partial charge in [0.25, 0.3) is 0 Å². The van der Waals surface area contributed by atoms with Crippen LogP contribution in [0, 0.1) is 5.92 Å². The fraction of sp³-hybridized carbons (Fsp3) is 0.462. The van der Waals surface area contributed by atoms with Crippen molar-refractivity contribution in [2.24, 2.45) is 11.7 Å². The van der Waals surface area contributed by atoms with E-state index in [0.717, 1.165) is 29.5 Å². The summed E-state index contributed by atoms with van der Waals surface area (Å²) in [6.07, 6.45) is 2.47. The number of nitrogens with one attached hydrogen (secondary N) is 1. The average Bonchev–Trinajstić information content (AvgIpc) is 2.28. The zero-order chi connectivity index (χ0) is 13.1. The molecule has 1 heterocycles. The molecule has 0 aliphatic carbocycles. The number of nitrogens with two attached hydrogens (primary N) is 1. The third kappa shape index (κ3) is 3.06. The van der Waals surface area contributed by atoms with Gasteiger partial charge in [0.15, 0.2) is 5.11 Å². The molecule has 18 heavy (non-hydrogen) atoms. The first-order valence-electron chi connectivity index (χ1n) is 6.18. The Morgan fingerprint density at radius 3 is 3.00 bits per heavy atom. The van der Waals surface area contributed by atoms with Crippen LogP contribution >= 0.6 is 23.8 Å². The van der Waals surface area contributed by atoms with Crippen LogP contribution in [-0.2, 0) is 0 Å². The number of piperidine rings is 1. The monoisotopic (exact) mass is 283 g/mol. The first kappa shape index (κ1) is 13.4. The van der Waals surface area contributed by atoms with Gasteiger partial charge in [0.1, 0.15) is 0 Å². The number of hydrogen-bond donors (Lipinski definition) is 2. The highest BCUT2D eigenvalue weighted by molar-refractivity contribution is 7.80. The van der Waals surface area contributed by atoms with Crippen molar-refractivity contribution in [3.8, 4) is 0 Å². The molecular formula is C13H18ClN3S. The van der Waals surface area contributed by atoms with E-state index in [1.807, 2.05) is 18.2 Å². The molecule has 1 unspecified atom stereocenters. The Morgan fingerprint density at radius 1 is 1.56 bits per heavy atom. The third-order valence-corrected chi connectivity index (χ3v) is 3.62. The van der Waals surface area contributed by atoms with E-state index in [9.17, 15) is 0 Å². The van der Waals surface area contributed by atoms with Crippen LogP contribution in [-0.4, -0.2) is 18.2 Å². The van der Waals surface area contributed by atoms with Crippen molar-refractivity contribution < 1.29 is 0 Å². The molecule has 0 saturated carbocycles. The first-order valence-corrected chi connectivity index (χ1v) is 6.96. The fourth-order valence-electron chi connectivity index (χ4n) is 2.46. The van der Waals surface area contributed by atoms with E-state index in [-0.39, 0.29) is 5.11 Å². The summed E-state index contributed by atoms with van der Waals surface area (Å²) in [5.74, 6) is 0.688. The lowest BCUT2D eigenvalue weighted by Crippen LogP contribution is -2.35. The number of benzene rings is 1. The molecule has 0 spiro atoms. The largest absolute Gasteiger partial charge is 0.376 e. The summed E-state index contributed by atoms with van der Waals surface area (Å²) < 4.78 is 0. The van der Waals surface area contributed by atoms with Crippen molar-refractivity contribution in [1.82, 2.24) is 0 Å². The van der Waals surface area contributed by atoms with E-state index in [4.69, 9.17) is 29.6 Å². The smallest absolute Gasteiger partial charge is 0.168 e. The van der Waals surface area contributed by atoms with Gasteiger partial charge in [-0.25, -0.2) is 0 Å². The highest BCUT2D eigenvalue weighted by Gasteiger charge is 2.21. The summed E-state index contributed by atoms with van der Waals surface area (Å²) in [4.78, 5) is 2.32. The second-order valence-electron chi connectivity index (χ2n) is 4.82. The molecule has 1 aliphatic heterocycles. The molecule has 98 valence electrons. The number of nitrogens with zero attached hydrogens (tertiary/aromatic N) is 1. The maximum absolute atomic E-state index is 6.33. The molecule has 3 nitrogen and oxygen atoms in total. The molecule has 1 saturated heterocycles. The molecule has 3 N–H and O–H groups in total. The Balaban J connectivity index is 2.32. The first-order chi connectivity index (χ1) is 8.58. The van der Waals surface area contributed by atoms with Gasteiger partial charge < -0.3 is 16.0 Å². The predicted octanol–water partition coefficient (Wildman–Crippen LogP) is 3.23. The van der Waals surface area contributed by atoms with Gasteiger partial charge in [0.2, 0.25) is 0 Å². The number of para-hydroxylation sites is 1. The minimum Gasteiger partial charge on any atom is -0.376 e. The molecule has 1 fully saturated rings.